The SMILES string of the molecule is Cc1ccc2[nH]ncc2c1-c1nc(-c2ccccc2-c2ccn[nH]2)nc(C(N)=O)c1N. The molecule has 0 fully saturated rings. The fourth-order valence-corrected chi connectivity index (χ4v) is 3.73. The average molecular weight is 410 g/mol. The van der Waals surface area contributed by atoms with Crippen molar-refractivity contribution < 1.29 is 4.79 Å². The maximum atomic E-state index is 12.2. The maximum absolute atomic E-state index is 12.2. The van der Waals surface area contributed by atoms with E-state index in [1.54, 1.807) is 12.4 Å². The Balaban J connectivity index is 1.83. The molecule has 0 unspecified atom stereocenters. The van der Waals surface area contributed by atoms with E-state index in [2.05, 4.69) is 25.4 Å². The largest absolute Gasteiger partial charge is 0.395 e. The van der Waals surface area contributed by atoms with Crippen LogP contribution in [0.5, 0.6) is 0 Å². The molecule has 9 nitrogen and oxygen atoms in total. The number of aryl methyl sites for hydroxylation is 1. The highest BCUT2D eigenvalue weighted by Crippen LogP contribution is 2.37. The Morgan fingerprint density at radius 2 is 1.77 bits per heavy atom. The monoisotopic (exact) mass is 410 g/mol. The van der Waals surface area contributed by atoms with Gasteiger partial charge in [-0.1, -0.05) is 30.3 Å². The highest BCUT2D eigenvalue weighted by Gasteiger charge is 2.22. The predicted octanol–water partition coefficient (Wildman–Crippen LogP) is 3.07. The molecule has 0 atom stereocenters. The number of nitrogens with one attached hydrogen (secondary N) is 2. The van der Waals surface area contributed by atoms with Gasteiger partial charge in [-0.05, 0) is 24.6 Å². The van der Waals surface area contributed by atoms with Crippen LogP contribution in [0.2, 0.25) is 0 Å². The van der Waals surface area contributed by atoms with Crippen molar-refractivity contribution >= 4 is 22.5 Å². The summed E-state index contributed by atoms with van der Waals surface area (Å²) in [6.07, 6.45) is 3.38. The van der Waals surface area contributed by atoms with Gasteiger partial charge in [-0.2, -0.15) is 10.2 Å². The van der Waals surface area contributed by atoms with Gasteiger partial charge in [0.05, 0.1) is 28.8 Å². The minimum atomic E-state index is -0.724. The number of rotatable bonds is 4. The summed E-state index contributed by atoms with van der Waals surface area (Å²) in [6.45, 7) is 1.95. The number of aromatic nitrogens is 6. The summed E-state index contributed by atoms with van der Waals surface area (Å²) in [5, 5.41) is 14.9. The Kier molecular flexibility index (Phi) is 4.21. The van der Waals surface area contributed by atoms with Gasteiger partial charge in [0.15, 0.2) is 11.5 Å². The highest BCUT2D eigenvalue weighted by atomic mass is 16.1. The number of primary amides is 1. The van der Waals surface area contributed by atoms with Gasteiger partial charge in [0.1, 0.15) is 0 Å². The van der Waals surface area contributed by atoms with Crippen molar-refractivity contribution in [1.82, 2.24) is 30.4 Å². The van der Waals surface area contributed by atoms with E-state index in [1.807, 2.05) is 49.4 Å². The van der Waals surface area contributed by atoms with Gasteiger partial charge in [-0.15, -0.1) is 0 Å². The van der Waals surface area contributed by atoms with E-state index in [9.17, 15) is 4.79 Å². The Hall–Kier alpha value is -4.53. The molecule has 31 heavy (non-hydrogen) atoms. The van der Waals surface area contributed by atoms with Crippen LogP contribution in [0.3, 0.4) is 0 Å². The molecule has 0 spiro atoms. The Labute approximate surface area is 176 Å². The number of anilines is 1. The average Bonchev–Trinajstić information content (AvgIpc) is 3.46. The molecule has 5 aromatic rings. The Morgan fingerprint density at radius 1 is 0.968 bits per heavy atom. The van der Waals surface area contributed by atoms with Crippen LogP contribution in [0.4, 0.5) is 5.69 Å². The molecule has 152 valence electrons. The molecule has 1 amide bonds. The zero-order valence-corrected chi connectivity index (χ0v) is 16.5. The molecular formula is C22H18N8O. The third-order valence-electron chi connectivity index (χ3n) is 5.21. The number of nitrogen functional groups attached to an aromatic ring is 1. The zero-order valence-electron chi connectivity index (χ0n) is 16.5. The van der Waals surface area contributed by atoms with E-state index in [1.165, 1.54) is 0 Å². The first-order valence-electron chi connectivity index (χ1n) is 9.54. The summed E-state index contributed by atoms with van der Waals surface area (Å²) in [5.41, 5.74) is 17.4. The van der Waals surface area contributed by atoms with Crippen molar-refractivity contribution in [3.63, 3.8) is 0 Å². The predicted molar refractivity (Wildman–Crippen MR) is 118 cm³/mol. The minimum Gasteiger partial charge on any atom is -0.395 e. The van der Waals surface area contributed by atoms with Crippen molar-refractivity contribution in [1.29, 1.82) is 0 Å². The number of amides is 1. The standard InChI is InChI=1S/C22H18N8O/c1-11-6-7-15-14(10-26-30-15)17(11)19-18(23)20(21(24)31)28-22(27-19)13-5-3-2-4-12(13)16-8-9-25-29-16/h2-10H,23H2,1H3,(H2,24,31)(H,25,29)(H,26,30). The van der Waals surface area contributed by atoms with Crippen LogP contribution in [-0.4, -0.2) is 36.3 Å². The molecule has 6 N–H and O–H groups in total. The summed E-state index contributed by atoms with van der Waals surface area (Å²) in [6, 6.07) is 13.3. The van der Waals surface area contributed by atoms with E-state index in [4.69, 9.17) is 16.5 Å². The van der Waals surface area contributed by atoms with Gasteiger partial charge in [-0.3, -0.25) is 15.0 Å². The van der Waals surface area contributed by atoms with E-state index < -0.39 is 5.91 Å². The number of hydrogen-bond acceptors (Lipinski definition) is 6. The minimum absolute atomic E-state index is 0.0284. The third kappa shape index (κ3) is 2.99. The number of carbonyl (C=O) groups excluding carboxylic acids is 1. The molecular weight excluding hydrogens is 392 g/mol. The van der Waals surface area contributed by atoms with Crippen molar-refractivity contribution in [3.05, 3.63) is 66.1 Å². The number of hydrogen-bond donors (Lipinski definition) is 4. The van der Waals surface area contributed by atoms with Crippen LogP contribution in [0.25, 0.3) is 44.8 Å². The number of nitrogens with two attached hydrogens (primary N) is 2. The van der Waals surface area contributed by atoms with Crippen LogP contribution in [0, 0.1) is 6.92 Å². The number of aromatic amines is 2. The molecule has 0 saturated heterocycles. The second-order valence-corrected chi connectivity index (χ2v) is 7.13. The number of H-pyrrole nitrogens is 2. The fourth-order valence-electron chi connectivity index (χ4n) is 3.73. The van der Waals surface area contributed by atoms with Crippen molar-refractivity contribution in [3.8, 4) is 33.9 Å². The molecule has 2 aromatic carbocycles. The number of nitrogens with zero attached hydrogens (tertiary/aromatic N) is 4. The molecule has 0 aliphatic rings. The first kappa shape index (κ1) is 18.5. The van der Waals surface area contributed by atoms with E-state index in [0.29, 0.717) is 17.1 Å². The van der Waals surface area contributed by atoms with Gasteiger partial charge < -0.3 is 11.5 Å². The fraction of sp³-hybridized carbons (Fsp3) is 0.0455. The molecule has 0 aliphatic heterocycles. The first-order chi connectivity index (χ1) is 15.0. The lowest BCUT2D eigenvalue weighted by atomic mass is 9.98. The van der Waals surface area contributed by atoms with Crippen LogP contribution in [0.15, 0.2) is 54.9 Å². The third-order valence-corrected chi connectivity index (χ3v) is 5.21. The van der Waals surface area contributed by atoms with Crippen LogP contribution < -0.4 is 11.5 Å². The lowest BCUT2D eigenvalue weighted by Crippen LogP contribution is -2.18. The zero-order chi connectivity index (χ0) is 21.5. The molecule has 3 aromatic heterocycles. The summed E-state index contributed by atoms with van der Waals surface area (Å²) in [7, 11) is 0. The number of fused-ring (bicyclic) bond motifs is 1. The van der Waals surface area contributed by atoms with Gasteiger partial charge in [0.25, 0.3) is 5.91 Å². The van der Waals surface area contributed by atoms with Crippen molar-refractivity contribution in [2.45, 2.75) is 6.92 Å². The van der Waals surface area contributed by atoms with Gasteiger partial charge in [0.2, 0.25) is 0 Å². The van der Waals surface area contributed by atoms with Crippen LogP contribution in [0.1, 0.15) is 16.1 Å². The maximum Gasteiger partial charge on any atom is 0.269 e. The summed E-state index contributed by atoms with van der Waals surface area (Å²) in [5.74, 6) is -0.387. The topological polar surface area (TPSA) is 152 Å². The molecule has 0 bridgehead atoms. The summed E-state index contributed by atoms with van der Waals surface area (Å²) in [4.78, 5) is 21.4. The number of benzene rings is 2. The molecule has 0 aliphatic carbocycles. The van der Waals surface area contributed by atoms with Crippen molar-refractivity contribution in [2.24, 2.45) is 5.73 Å². The van der Waals surface area contributed by atoms with Crippen LogP contribution >= 0.6 is 0 Å². The Morgan fingerprint density at radius 3 is 2.52 bits per heavy atom. The second kappa shape index (κ2) is 7.06. The first-order valence-corrected chi connectivity index (χ1v) is 9.54. The van der Waals surface area contributed by atoms with Gasteiger partial charge >= 0.3 is 0 Å². The molecule has 9 heteroatoms. The second-order valence-electron chi connectivity index (χ2n) is 7.13. The van der Waals surface area contributed by atoms with Gasteiger partial charge in [0, 0.05) is 28.3 Å². The number of carbonyl (C=O) groups is 1. The quantitative estimate of drug-likeness (QED) is 0.357. The normalized spacial score (nSPS) is 11.1. The van der Waals surface area contributed by atoms with Crippen LogP contribution in [-0.2, 0) is 0 Å². The lowest BCUT2D eigenvalue weighted by molar-refractivity contribution is 0.0996. The van der Waals surface area contributed by atoms with Crippen molar-refractivity contribution in [2.75, 3.05) is 5.73 Å². The van der Waals surface area contributed by atoms with E-state index in [-0.39, 0.29) is 11.4 Å². The smallest absolute Gasteiger partial charge is 0.269 e. The lowest BCUT2D eigenvalue weighted by Gasteiger charge is -2.15. The molecule has 0 saturated carbocycles. The molecule has 5 rings (SSSR count). The summed E-state index contributed by atoms with van der Waals surface area (Å²) < 4.78 is 0. The Bertz CT molecular complexity index is 1440. The summed E-state index contributed by atoms with van der Waals surface area (Å²) >= 11 is 0. The molecule has 0 radical (unpaired) electrons. The van der Waals surface area contributed by atoms with E-state index in [0.717, 1.165) is 33.3 Å². The van der Waals surface area contributed by atoms with Gasteiger partial charge in [-0.25, -0.2) is 9.97 Å². The highest BCUT2D eigenvalue weighted by molar-refractivity contribution is 6.04. The van der Waals surface area contributed by atoms with E-state index >= 15 is 0 Å². The molecule has 3 heterocycles.